The Morgan fingerprint density at radius 1 is 1.42 bits per heavy atom. The van der Waals surface area contributed by atoms with Gasteiger partial charge in [0.1, 0.15) is 5.60 Å². The smallest absolute Gasteiger partial charge is 0.407 e. The number of hydrogen-bond donors (Lipinski definition) is 3. The molecule has 0 radical (unpaired) electrons. The van der Waals surface area contributed by atoms with Crippen molar-refractivity contribution in [2.24, 2.45) is 0 Å². The number of alkyl carbamates (subject to hydrolysis) is 1. The Kier molecular flexibility index (Phi) is 6.03. The fourth-order valence-corrected chi connectivity index (χ4v) is 2.09. The van der Waals surface area contributed by atoms with Crippen LogP contribution in [0.1, 0.15) is 33.6 Å². The second-order valence-electron chi connectivity index (χ2n) is 6.06. The normalized spacial score (nSPS) is 20.1. The second-order valence-corrected chi connectivity index (χ2v) is 6.06. The van der Waals surface area contributed by atoms with E-state index in [0.29, 0.717) is 6.54 Å². The van der Waals surface area contributed by atoms with Crippen LogP contribution in [0.15, 0.2) is 0 Å². The van der Waals surface area contributed by atoms with Crippen LogP contribution in [-0.2, 0) is 4.74 Å². The number of nitrogens with zero attached hydrogens (tertiary/aromatic N) is 1. The first-order valence-electron chi connectivity index (χ1n) is 6.81. The average Bonchev–Trinajstić information content (AvgIpc) is 2.29. The summed E-state index contributed by atoms with van der Waals surface area (Å²) in [6.07, 6.45) is 0.603. The predicted molar refractivity (Wildman–Crippen MR) is 71.9 cm³/mol. The van der Waals surface area contributed by atoms with E-state index in [0.717, 1.165) is 25.9 Å². The van der Waals surface area contributed by atoms with Gasteiger partial charge >= 0.3 is 6.09 Å². The van der Waals surface area contributed by atoms with E-state index in [2.05, 4.69) is 10.2 Å². The van der Waals surface area contributed by atoms with E-state index >= 15 is 0 Å². The van der Waals surface area contributed by atoms with E-state index in [1.807, 2.05) is 20.8 Å². The van der Waals surface area contributed by atoms with Gasteiger partial charge in [-0.05, 0) is 33.6 Å². The van der Waals surface area contributed by atoms with Gasteiger partial charge in [-0.15, -0.1) is 0 Å². The minimum Gasteiger partial charge on any atom is -0.444 e. The maximum Gasteiger partial charge on any atom is 0.407 e. The van der Waals surface area contributed by atoms with Gasteiger partial charge < -0.3 is 25.2 Å². The molecule has 1 rings (SSSR count). The zero-order chi connectivity index (χ0) is 14.5. The number of aliphatic hydroxyl groups excluding tert-OH is 2. The van der Waals surface area contributed by atoms with Crippen molar-refractivity contribution in [2.75, 3.05) is 26.2 Å². The molecule has 19 heavy (non-hydrogen) atoms. The van der Waals surface area contributed by atoms with Crippen LogP contribution in [0.3, 0.4) is 0 Å². The third kappa shape index (κ3) is 6.75. The van der Waals surface area contributed by atoms with Crippen molar-refractivity contribution < 1.29 is 19.7 Å². The highest BCUT2D eigenvalue weighted by Gasteiger charge is 2.24. The Morgan fingerprint density at radius 3 is 2.47 bits per heavy atom. The van der Waals surface area contributed by atoms with Gasteiger partial charge in [-0.1, -0.05) is 0 Å². The number of likely N-dealkylation sites (tertiary alicyclic amines) is 1. The number of carbonyl (C=O) groups is 1. The van der Waals surface area contributed by atoms with Crippen LogP contribution in [0, 0.1) is 0 Å². The lowest BCUT2D eigenvalue weighted by Gasteiger charge is -2.33. The summed E-state index contributed by atoms with van der Waals surface area (Å²) in [5, 5.41) is 21.0. The van der Waals surface area contributed by atoms with Crippen LogP contribution < -0.4 is 5.32 Å². The summed E-state index contributed by atoms with van der Waals surface area (Å²) in [6.45, 7) is 7.39. The summed E-state index contributed by atoms with van der Waals surface area (Å²) >= 11 is 0. The number of rotatable bonds is 4. The lowest BCUT2D eigenvalue weighted by Crippen LogP contribution is -2.47. The van der Waals surface area contributed by atoms with Crippen LogP contribution >= 0.6 is 0 Å². The third-order valence-electron chi connectivity index (χ3n) is 2.99. The van der Waals surface area contributed by atoms with Crippen LogP contribution in [0.4, 0.5) is 4.79 Å². The first-order chi connectivity index (χ1) is 8.80. The van der Waals surface area contributed by atoms with Gasteiger partial charge in [-0.3, -0.25) is 0 Å². The first kappa shape index (κ1) is 16.2. The van der Waals surface area contributed by atoms with Crippen molar-refractivity contribution in [1.82, 2.24) is 10.2 Å². The predicted octanol–water partition coefficient (Wildman–Crippen LogP) is 0.329. The number of aliphatic hydroxyl groups is 2. The molecule has 0 aromatic carbocycles. The zero-order valence-electron chi connectivity index (χ0n) is 12.1. The minimum atomic E-state index is -0.685. The molecule has 0 aliphatic carbocycles. The monoisotopic (exact) mass is 274 g/mol. The maximum atomic E-state index is 11.6. The van der Waals surface area contributed by atoms with Crippen LogP contribution in [0.5, 0.6) is 0 Å². The van der Waals surface area contributed by atoms with E-state index in [1.54, 1.807) is 0 Å². The molecule has 6 nitrogen and oxygen atoms in total. The number of hydrogen-bond acceptors (Lipinski definition) is 5. The Bertz CT molecular complexity index is 283. The highest BCUT2D eigenvalue weighted by molar-refractivity contribution is 5.68. The van der Waals surface area contributed by atoms with Crippen LogP contribution in [-0.4, -0.2) is 65.2 Å². The molecule has 1 atom stereocenters. The molecule has 1 aliphatic heterocycles. The molecule has 3 N–H and O–H groups in total. The van der Waals surface area contributed by atoms with E-state index in [1.165, 1.54) is 0 Å². The maximum absolute atomic E-state index is 11.6. The lowest BCUT2D eigenvalue weighted by molar-refractivity contribution is 0.0397. The number of amides is 1. The first-order valence-corrected chi connectivity index (χ1v) is 6.81. The second kappa shape index (κ2) is 7.07. The van der Waals surface area contributed by atoms with E-state index in [-0.39, 0.29) is 18.7 Å². The fraction of sp³-hybridized carbons (Fsp3) is 0.923. The highest BCUT2D eigenvalue weighted by Crippen LogP contribution is 2.12. The zero-order valence-corrected chi connectivity index (χ0v) is 12.1. The topological polar surface area (TPSA) is 82.0 Å². The van der Waals surface area contributed by atoms with E-state index in [9.17, 15) is 9.90 Å². The summed E-state index contributed by atoms with van der Waals surface area (Å²) < 4.78 is 5.21. The van der Waals surface area contributed by atoms with Crippen LogP contribution in [0.25, 0.3) is 0 Å². The van der Waals surface area contributed by atoms with Gasteiger partial charge in [0.05, 0.1) is 12.7 Å². The quantitative estimate of drug-likeness (QED) is 0.688. The Hall–Kier alpha value is -0.850. The molecule has 1 aliphatic rings. The van der Waals surface area contributed by atoms with Crippen molar-refractivity contribution >= 4 is 6.09 Å². The lowest BCUT2D eigenvalue weighted by atomic mass is 10.0. The Morgan fingerprint density at radius 2 is 2.00 bits per heavy atom. The molecule has 1 heterocycles. The van der Waals surface area contributed by atoms with Gasteiger partial charge in [-0.25, -0.2) is 4.79 Å². The van der Waals surface area contributed by atoms with Gasteiger partial charge in [0.15, 0.2) is 0 Å². The minimum absolute atomic E-state index is 0.123. The summed E-state index contributed by atoms with van der Waals surface area (Å²) in [6, 6.07) is 0.123. The van der Waals surface area contributed by atoms with E-state index in [4.69, 9.17) is 9.84 Å². The largest absolute Gasteiger partial charge is 0.444 e. The molecule has 0 aromatic rings. The summed E-state index contributed by atoms with van der Waals surface area (Å²) in [4.78, 5) is 13.7. The molecule has 0 bridgehead atoms. The van der Waals surface area contributed by atoms with Gasteiger partial charge in [0.2, 0.25) is 0 Å². The molecule has 1 unspecified atom stereocenters. The Labute approximate surface area is 114 Å². The molecular weight excluding hydrogens is 248 g/mol. The molecule has 112 valence electrons. The molecule has 1 fully saturated rings. The Balaban J connectivity index is 2.25. The van der Waals surface area contributed by atoms with Gasteiger partial charge in [0.25, 0.3) is 0 Å². The SMILES string of the molecule is CC(C)(C)OC(=O)NC1CCN(CC(O)CO)CC1. The third-order valence-corrected chi connectivity index (χ3v) is 2.99. The highest BCUT2D eigenvalue weighted by atomic mass is 16.6. The summed E-state index contributed by atoms with van der Waals surface area (Å²) in [7, 11) is 0. The van der Waals surface area contributed by atoms with Crippen LogP contribution in [0.2, 0.25) is 0 Å². The van der Waals surface area contributed by atoms with Gasteiger partial charge in [-0.2, -0.15) is 0 Å². The van der Waals surface area contributed by atoms with Crippen molar-refractivity contribution in [3.05, 3.63) is 0 Å². The number of nitrogens with one attached hydrogen (secondary N) is 1. The van der Waals surface area contributed by atoms with E-state index < -0.39 is 11.7 Å². The summed E-state index contributed by atoms with van der Waals surface area (Å²) in [5.41, 5.74) is -0.476. The van der Waals surface area contributed by atoms with Crippen molar-refractivity contribution in [3.63, 3.8) is 0 Å². The number of piperidine rings is 1. The molecule has 1 amide bonds. The average molecular weight is 274 g/mol. The number of carbonyl (C=O) groups excluding carboxylic acids is 1. The molecule has 1 saturated heterocycles. The van der Waals surface area contributed by atoms with Crippen molar-refractivity contribution in [1.29, 1.82) is 0 Å². The number of β-amino-alcohol motifs (C(OH)–C–C–N with tert-alkyl or cyclic N) is 1. The molecule has 0 aromatic heterocycles. The van der Waals surface area contributed by atoms with Gasteiger partial charge in [0, 0.05) is 25.7 Å². The molecule has 6 heteroatoms. The fourth-order valence-electron chi connectivity index (χ4n) is 2.09. The van der Waals surface area contributed by atoms with Crippen molar-refractivity contribution in [3.8, 4) is 0 Å². The molecule has 0 spiro atoms. The number of ether oxygens (including phenoxy) is 1. The standard InChI is InChI=1S/C13H26N2O4/c1-13(2,3)19-12(18)14-10-4-6-15(7-5-10)8-11(17)9-16/h10-11,16-17H,4-9H2,1-3H3,(H,14,18). The summed E-state index contributed by atoms with van der Waals surface area (Å²) in [5.74, 6) is 0. The molecular formula is C13H26N2O4. The van der Waals surface area contributed by atoms with Crippen molar-refractivity contribution in [2.45, 2.75) is 51.4 Å². The molecule has 0 saturated carbocycles.